The van der Waals surface area contributed by atoms with Crippen LogP contribution in [-0.4, -0.2) is 35.3 Å². The summed E-state index contributed by atoms with van der Waals surface area (Å²) in [6.07, 6.45) is -3.74. The van der Waals surface area contributed by atoms with Crippen molar-refractivity contribution in [2.24, 2.45) is 0 Å². The van der Waals surface area contributed by atoms with Gasteiger partial charge >= 0.3 is 6.18 Å². The number of ether oxygens (including phenoxy) is 1. The van der Waals surface area contributed by atoms with E-state index < -0.39 is 34.0 Å². The molecular formula is C19H19F3N4O3S. The molecule has 2 aromatic heterocycles. The van der Waals surface area contributed by atoms with Crippen LogP contribution < -0.4 is 9.46 Å². The molecule has 0 amide bonds. The Kier molecular flexibility index (Phi) is 6.40. The van der Waals surface area contributed by atoms with Crippen molar-refractivity contribution < 1.29 is 26.3 Å². The third kappa shape index (κ3) is 5.35. The van der Waals surface area contributed by atoms with Crippen molar-refractivity contribution in [2.75, 3.05) is 10.5 Å². The number of hydrogen-bond acceptors (Lipinski definition) is 6. The number of anilines is 1. The average molecular weight is 440 g/mol. The largest absolute Gasteiger partial charge is 0.457 e. The third-order valence-electron chi connectivity index (χ3n) is 4.09. The number of fused-ring (bicyclic) bond motifs is 1. The Bertz CT molecular complexity index is 1110. The quantitative estimate of drug-likeness (QED) is 0.563. The second kappa shape index (κ2) is 8.82. The molecule has 0 aliphatic heterocycles. The van der Waals surface area contributed by atoms with Crippen LogP contribution in [0.15, 0.2) is 48.8 Å². The maximum absolute atomic E-state index is 13.7. The lowest BCUT2D eigenvalue weighted by atomic mass is 10.1. The van der Waals surface area contributed by atoms with Crippen LogP contribution in [0.25, 0.3) is 11.0 Å². The Morgan fingerprint density at radius 2 is 1.70 bits per heavy atom. The number of sulfonamides is 1. The number of unbranched alkanes of at least 4 members (excludes halogenated alkanes) is 1. The zero-order valence-electron chi connectivity index (χ0n) is 15.9. The lowest BCUT2D eigenvalue weighted by Crippen LogP contribution is -2.27. The monoisotopic (exact) mass is 440 g/mol. The van der Waals surface area contributed by atoms with Gasteiger partial charge in [0.05, 0.1) is 16.8 Å². The zero-order valence-corrected chi connectivity index (χ0v) is 16.7. The summed E-state index contributed by atoms with van der Waals surface area (Å²) in [6.45, 7) is 1.82. The van der Waals surface area contributed by atoms with Gasteiger partial charge in [0.25, 0.3) is 5.88 Å². The lowest BCUT2D eigenvalue weighted by molar-refractivity contribution is -0.198. The van der Waals surface area contributed by atoms with Gasteiger partial charge in [0.1, 0.15) is 0 Å². The molecule has 7 nitrogen and oxygen atoms in total. The van der Waals surface area contributed by atoms with E-state index in [2.05, 4.69) is 19.7 Å². The highest BCUT2D eigenvalue weighted by Gasteiger charge is 2.44. The van der Waals surface area contributed by atoms with E-state index in [1.165, 1.54) is 12.4 Å². The molecule has 160 valence electrons. The SMILES string of the molecule is CCCCS(=O)(=O)Nc1nc2ccccc2nc1OC(c1ccncc1)C(F)(F)F. The van der Waals surface area contributed by atoms with E-state index in [4.69, 9.17) is 4.74 Å². The van der Waals surface area contributed by atoms with Crippen LogP contribution in [0.5, 0.6) is 5.88 Å². The van der Waals surface area contributed by atoms with Crippen LogP contribution in [0, 0.1) is 0 Å². The molecule has 0 fully saturated rings. The molecule has 2 heterocycles. The van der Waals surface area contributed by atoms with Crippen molar-refractivity contribution in [3.05, 3.63) is 54.4 Å². The smallest absolute Gasteiger partial charge is 0.429 e. The molecule has 0 spiro atoms. The van der Waals surface area contributed by atoms with E-state index in [9.17, 15) is 21.6 Å². The summed E-state index contributed by atoms with van der Waals surface area (Å²) >= 11 is 0. The van der Waals surface area contributed by atoms with Gasteiger partial charge in [-0.05, 0) is 30.7 Å². The Morgan fingerprint density at radius 1 is 1.07 bits per heavy atom. The first-order valence-corrected chi connectivity index (χ1v) is 10.8. The van der Waals surface area contributed by atoms with E-state index in [0.717, 1.165) is 12.1 Å². The second-order valence-electron chi connectivity index (χ2n) is 6.46. The first kappa shape index (κ1) is 21.8. The summed E-state index contributed by atoms with van der Waals surface area (Å²) in [4.78, 5) is 11.9. The van der Waals surface area contributed by atoms with Crippen molar-refractivity contribution in [1.82, 2.24) is 15.0 Å². The van der Waals surface area contributed by atoms with E-state index in [1.54, 1.807) is 24.3 Å². The van der Waals surface area contributed by atoms with Crippen molar-refractivity contribution in [3.8, 4) is 5.88 Å². The number of benzene rings is 1. The number of para-hydroxylation sites is 2. The molecule has 0 aliphatic rings. The van der Waals surface area contributed by atoms with Crippen molar-refractivity contribution in [3.63, 3.8) is 0 Å². The van der Waals surface area contributed by atoms with Gasteiger partial charge in [0, 0.05) is 18.0 Å². The molecule has 0 saturated carbocycles. The fourth-order valence-electron chi connectivity index (χ4n) is 2.64. The minimum atomic E-state index is -4.78. The standard InChI is InChI=1S/C19H19F3N4O3S/c1-2-3-12-30(27,28)26-17-18(25-15-7-5-4-6-14(15)24-17)29-16(19(20,21)22)13-8-10-23-11-9-13/h4-11,16H,2-3,12H2,1H3,(H,24,26). The topological polar surface area (TPSA) is 94.1 Å². The summed E-state index contributed by atoms with van der Waals surface area (Å²) in [7, 11) is -3.85. The molecule has 1 N–H and O–H groups in total. The zero-order chi connectivity index (χ0) is 21.8. The van der Waals surface area contributed by atoms with Gasteiger partial charge < -0.3 is 4.74 Å². The molecular weight excluding hydrogens is 421 g/mol. The minimum Gasteiger partial charge on any atom is -0.457 e. The van der Waals surface area contributed by atoms with E-state index in [0.29, 0.717) is 18.4 Å². The summed E-state index contributed by atoms with van der Waals surface area (Å²) in [5.41, 5.74) is 0.373. The first-order valence-electron chi connectivity index (χ1n) is 9.10. The molecule has 0 bridgehead atoms. The van der Waals surface area contributed by atoms with Crippen LogP contribution in [-0.2, 0) is 10.0 Å². The maximum Gasteiger partial charge on any atom is 0.429 e. The summed E-state index contributed by atoms with van der Waals surface area (Å²) in [6, 6.07) is 8.73. The van der Waals surface area contributed by atoms with Gasteiger partial charge in [-0.25, -0.2) is 18.4 Å². The molecule has 0 aliphatic carbocycles. The Hall–Kier alpha value is -2.95. The van der Waals surface area contributed by atoms with Crippen molar-refractivity contribution in [2.45, 2.75) is 32.0 Å². The van der Waals surface area contributed by atoms with Crippen LogP contribution in [0.2, 0.25) is 0 Å². The number of halogens is 3. The van der Waals surface area contributed by atoms with Crippen LogP contribution >= 0.6 is 0 Å². The molecule has 3 aromatic rings. The average Bonchev–Trinajstić information content (AvgIpc) is 2.70. The summed E-state index contributed by atoms with van der Waals surface area (Å²) in [5, 5.41) is 0. The highest BCUT2D eigenvalue weighted by atomic mass is 32.2. The molecule has 30 heavy (non-hydrogen) atoms. The highest BCUT2D eigenvalue weighted by Crippen LogP contribution is 2.38. The Morgan fingerprint density at radius 3 is 2.30 bits per heavy atom. The van der Waals surface area contributed by atoms with Crippen molar-refractivity contribution in [1.29, 1.82) is 0 Å². The molecule has 11 heteroatoms. The van der Waals surface area contributed by atoms with Gasteiger partial charge in [-0.3, -0.25) is 9.71 Å². The number of rotatable bonds is 8. The number of pyridine rings is 1. The van der Waals surface area contributed by atoms with Gasteiger partial charge in [0.15, 0.2) is 0 Å². The molecule has 1 unspecified atom stereocenters. The highest BCUT2D eigenvalue weighted by molar-refractivity contribution is 7.92. The Labute approximate surface area is 171 Å². The second-order valence-corrected chi connectivity index (χ2v) is 8.30. The number of nitrogens with zero attached hydrogens (tertiary/aromatic N) is 3. The van der Waals surface area contributed by atoms with Crippen LogP contribution in [0.4, 0.5) is 19.0 Å². The van der Waals surface area contributed by atoms with Gasteiger partial charge in [-0.1, -0.05) is 25.5 Å². The van der Waals surface area contributed by atoms with E-state index >= 15 is 0 Å². The Balaban J connectivity index is 2.06. The van der Waals surface area contributed by atoms with E-state index in [-0.39, 0.29) is 16.8 Å². The summed E-state index contributed by atoms with van der Waals surface area (Å²) < 4.78 is 73.2. The van der Waals surface area contributed by atoms with Crippen molar-refractivity contribution >= 4 is 26.9 Å². The fraction of sp³-hybridized carbons (Fsp3) is 0.316. The van der Waals surface area contributed by atoms with Gasteiger partial charge in [0.2, 0.25) is 21.9 Å². The maximum atomic E-state index is 13.7. The summed E-state index contributed by atoms with van der Waals surface area (Å²) in [5.74, 6) is -1.16. The number of nitrogens with one attached hydrogen (secondary N) is 1. The molecule has 1 atom stereocenters. The fourth-order valence-corrected chi connectivity index (χ4v) is 3.84. The molecule has 3 rings (SSSR count). The molecule has 1 aromatic carbocycles. The number of alkyl halides is 3. The number of hydrogen-bond donors (Lipinski definition) is 1. The van der Waals surface area contributed by atoms with Gasteiger partial charge in [-0.15, -0.1) is 0 Å². The predicted octanol–water partition coefficient (Wildman–Crippen LogP) is 4.25. The first-order chi connectivity index (χ1) is 14.2. The predicted molar refractivity (Wildman–Crippen MR) is 106 cm³/mol. The normalized spacial score (nSPS) is 13.2. The lowest BCUT2D eigenvalue weighted by Gasteiger charge is -2.22. The molecule has 0 radical (unpaired) electrons. The molecule has 0 saturated heterocycles. The van der Waals surface area contributed by atoms with Crippen LogP contribution in [0.1, 0.15) is 31.4 Å². The van der Waals surface area contributed by atoms with E-state index in [1.807, 2.05) is 6.92 Å². The van der Waals surface area contributed by atoms with Gasteiger partial charge in [-0.2, -0.15) is 13.2 Å². The van der Waals surface area contributed by atoms with Crippen LogP contribution in [0.3, 0.4) is 0 Å². The minimum absolute atomic E-state index is 0.202. The number of aromatic nitrogens is 3. The third-order valence-corrected chi connectivity index (χ3v) is 5.42.